The van der Waals surface area contributed by atoms with Crippen molar-refractivity contribution >= 4 is 22.0 Å². The third-order valence-corrected chi connectivity index (χ3v) is 3.47. The molecule has 96 valence electrons. The van der Waals surface area contributed by atoms with Gasteiger partial charge in [0.2, 0.25) is 0 Å². The van der Waals surface area contributed by atoms with E-state index in [-0.39, 0.29) is 12.1 Å². The molecule has 0 radical (unpaired) electrons. The first-order valence-electron chi connectivity index (χ1n) is 5.79. The fourth-order valence-electron chi connectivity index (χ4n) is 2.01. The Balaban J connectivity index is 1.97. The molecule has 1 atom stereocenters. The molecule has 3 rings (SSSR count). The smallest absolute Gasteiger partial charge is 0.282 e. The van der Waals surface area contributed by atoms with Gasteiger partial charge in [-0.05, 0) is 33.6 Å². The molecule has 6 heteroatoms. The molecule has 0 aliphatic carbocycles. The van der Waals surface area contributed by atoms with E-state index >= 15 is 0 Å². The van der Waals surface area contributed by atoms with Crippen LogP contribution in [-0.2, 0) is 4.74 Å². The fraction of sp³-hybridized carbons (Fsp3) is 0.417. The van der Waals surface area contributed by atoms with Crippen molar-refractivity contribution in [2.75, 3.05) is 19.8 Å². The number of fused-ring (bicyclic) bond motifs is 1. The van der Waals surface area contributed by atoms with Crippen molar-refractivity contribution in [3.63, 3.8) is 0 Å². The molecule has 0 amide bonds. The van der Waals surface area contributed by atoms with Gasteiger partial charge in [-0.15, -0.1) is 0 Å². The molecule has 0 saturated carbocycles. The van der Waals surface area contributed by atoms with Gasteiger partial charge < -0.3 is 19.9 Å². The van der Waals surface area contributed by atoms with Gasteiger partial charge in [0.15, 0.2) is 11.5 Å². The number of aliphatic imine (C=N–C) groups is 1. The lowest BCUT2D eigenvalue weighted by Gasteiger charge is -2.13. The van der Waals surface area contributed by atoms with Gasteiger partial charge in [0.1, 0.15) is 12.6 Å². The topological polar surface area (TPSA) is 66.1 Å². The van der Waals surface area contributed by atoms with Crippen LogP contribution in [0.5, 0.6) is 11.5 Å². The molecule has 0 saturated heterocycles. The van der Waals surface area contributed by atoms with Gasteiger partial charge in [0.25, 0.3) is 6.02 Å². The van der Waals surface area contributed by atoms with Gasteiger partial charge in [0, 0.05) is 6.42 Å². The highest BCUT2D eigenvalue weighted by molar-refractivity contribution is 9.10. The van der Waals surface area contributed by atoms with Crippen LogP contribution in [0.3, 0.4) is 0 Å². The summed E-state index contributed by atoms with van der Waals surface area (Å²) < 4.78 is 17.4. The average molecular weight is 313 g/mol. The molecule has 1 aromatic carbocycles. The van der Waals surface area contributed by atoms with Crippen molar-refractivity contribution in [2.24, 2.45) is 10.7 Å². The van der Waals surface area contributed by atoms with Crippen LogP contribution in [0.15, 0.2) is 21.6 Å². The standard InChI is InChI=1S/C12H13BrN2O3/c13-8-4-7(9-6-18-12(14)15-9)5-10-11(8)17-3-1-2-16-10/h4-5,9H,1-3,6H2,(H2,14,15). The lowest BCUT2D eigenvalue weighted by Crippen LogP contribution is -2.10. The predicted octanol–water partition coefficient (Wildman–Crippen LogP) is 2.00. The summed E-state index contributed by atoms with van der Waals surface area (Å²) in [5.74, 6) is 1.50. The molecule has 2 N–H and O–H groups in total. The highest BCUT2D eigenvalue weighted by Crippen LogP contribution is 2.40. The molecule has 18 heavy (non-hydrogen) atoms. The van der Waals surface area contributed by atoms with Gasteiger partial charge in [-0.1, -0.05) is 0 Å². The van der Waals surface area contributed by atoms with Gasteiger partial charge in [0.05, 0.1) is 17.7 Å². The van der Waals surface area contributed by atoms with E-state index in [0.29, 0.717) is 19.8 Å². The highest BCUT2D eigenvalue weighted by atomic mass is 79.9. The molecule has 2 aliphatic rings. The number of nitrogens with two attached hydrogens (primary N) is 1. The summed E-state index contributed by atoms with van der Waals surface area (Å²) in [5, 5.41) is 0. The van der Waals surface area contributed by atoms with Gasteiger partial charge >= 0.3 is 0 Å². The van der Waals surface area contributed by atoms with Crippen molar-refractivity contribution in [3.8, 4) is 11.5 Å². The summed E-state index contributed by atoms with van der Waals surface area (Å²) in [6, 6.07) is 4.09. The van der Waals surface area contributed by atoms with Crippen LogP contribution in [0.25, 0.3) is 0 Å². The summed E-state index contributed by atoms with van der Waals surface area (Å²) in [6.07, 6.45) is 0.883. The lowest BCUT2D eigenvalue weighted by atomic mass is 10.1. The second-order valence-corrected chi connectivity index (χ2v) is 5.03. The summed E-state index contributed by atoms with van der Waals surface area (Å²) in [7, 11) is 0. The number of ether oxygens (including phenoxy) is 3. The average Bonchev–Trinajstić information content (AvgIpc) is 2.63. The monoisotopic (exact) mass is 312 g/mol. The molecular weight excluding hydrogens is 300 g/mol. The zero-order chi connectivity index (χ0) is 12.5. The van der Waals surface area contributed by atoms with Crippen molar-refractivity contribution in [1.82, 2.24) is 0 Å². The maximum absolute atomic E-state index is 5.68. The number of halogens is 1. The zero-order valence-corrected chi connectivity index (χ0v) is 11.3. The number of nitrogens with zero attached hydrogens (tertiary/aromatic N) is 1. The summed E-state index contributed by atoms with van der Waals surface area (Å²) in [6.45, 7) is 1.80. The van der Waals surface area contributed by atoms with Crippen LogP contribution < -0.4 is 15.2 Å². The maximum Gasteiger partial charge on any atom is 0.282 e. The molecule has 2 aliphatic heterocycles. The molecule has 0 bridgehead atoms. The van der Waals surface area contributed by atoms with E-state index in [4.69, 9.17) is 19.9 Å². The largest absolute Gasteiger partial charge is 0.490 e. The van der Waals surface area contributed by atoms with Crippen LogP contribution in [0, 0.1) is 0 Å². The predicted molar refractivity (Wildman–Crippen MR) is 70.1 cm³/mol. The Hall–Kier alpha value is -1.43. The van der Waals surface area contributed by atoms with Crippen LogP contribution in [0.2, 0.25) is 0 Å². The van der Waals surface area contributed by atoms with Crippen molar-refractivity contribution in [3.05, 3.63) is 22.2 Å². The zero-order valence-electron chi connectivity index (χ0n) is 9.69. The Morgan fingerprint density at radius 2 is 2.06 bits per heavy atom. The van der Waals surface area contributed by atoms with Crippen LogP contribution >= 0.6 is 15.9 Å². The molecule has 0 spiro atoms. The Bertz CT molecular complexity index is 504. The Kier molecular flexibility index (Phi) is 3.03. The van der Waals surface area contributed by atoms with Gasteiger partial charge in [-0.25, -0.2) is 4.99 Å². The third kappa shape index (κ3) is 2.12. The lowest BCUT2D eigenvalue weighted by molar-refractivity contribution is 0.296. The minimum atomic E-state index is -0.0709. The van der Waals surface area contributed by atoms with E-state index in [1.165, 1.54) is 0 Å². The fourth-order valence-corrected chi connectivity index (χ4v) is 2.58. The Morgan fingerprint density at radius 1 is 1.22 bits per heavy atom. The molecule has 1 aromatic rings. The quantitative estimate of drug-likeness (QED) is 0.861. The van der Waals surface area contributed by atoms with E-state index in [2.05, 4.69) is 20.9 Å². The van der Waals surface area contributed by atoms with E-state index in [0.717, 1.165) is 28.0 Å². The maximum atomic E-state index is 5.68. The number of benzene rings is 1. The van der Waals surface area contributed by atoms with Crippen LogP contribution in [0.1, 0.15) is 18.0 Å². The first-order valence-corrected chi connectivity index (χ1v) is 6.58. The van der Waals surface area contributed by atoms with Gasteiger partial charge in [-0.2, -0.15) is 0 Å². The summed E-state index contributed by atoms with van der Waals surface area (Å²) in [5.41, 5.74) is 6.53. The van der Waals surface area contributed by atoms with Crippen LogP contribution in [0.4, 0.5) is 0 Å². The van der Waals surface area contributed by atoms with E-state index < -0.39 is 0 Å². The van der Waals surface area contributed by atoms with E-state index in [1.807, 2.05) is 12.1 Å². The van der Waals surface area contributed by atoms with E-state index in [1.54, 1.807) is 0 Å². The second-order valence-electron chi connectivity index (χ2n) is 4.17. The number of hydrogen-bond acceptors (Lipinski definition) is 5. The summed E-state index contributed by atoms with van der Waals surface area (Å²) in [4.78, 5) is 4.23. The van der Waals surface area contributed by atoms with E-state index in [9.17, 15) is 0 Å². The second kappa shape index (κ2) is 4.68. The molecule has 0 aromatic heterocycles. The number of hydrogen-bond donors (Lipinski definition) is 1. The Labute approximate surface area is 113 Å². The number of rotatable bonds is 1. The van der Waals surface area contributed by atoms with Gasteiger partial charge in [-0.3, -0.25) is 0 Å². The minimum Gasteiger partial charge on any atom is -0.490 e. The molecular formula is C12H13BrN2O3. The SMILES string of the molecule is NC1=NC(c2cc(Br)c3c(c2)OCCCO3)CO1. The van der Waals surface area contributed by atoms with Crippen molar-refractivity contribution in [2.45, 2.75) is 12.5 Å². The first kappa shape index (κ1) is 11.6. The minimum absolute atomic E-state index is 0.0709. The van der Waals surface area contributed by atoms with Crippen LogP contribution in [-0.4, -0.2) is 25.8 Å². The summed E-state index contributed by atoms with van der Waals surface area (Å²) >= 11 is 3.50. The third-order valence-electron chi connectivity index (χ3n) is 2.88. The molecule has 1 unspecified atom stereocenters. The van der Waals surface area contributed by atoms with Crippen molar-refractivity contribution in [1.29, 1.82) is 0 Å². The molecule has 0 fully saturated rings. The molecule has 2 heterocycles. The van der Waals surface area contributed by atoms with Crippen molar-refractivity contribution < 1.29 is 14.2 Å². The Morgan fingerprint density at radius 3 is 2.83 bits per heavy atom. The normalized spacial score (nSPS) is 22.1. The molecule has 5 nitrogen and oxygen atoms in total. The first-order chi connectivity index (χ1) is 8.74. The number of amidine groups is 1. The highest BCUT2D eigenvalue weighted by Gasteiger charge is 2.23.